The summed E-state index contributed by atoms with van der Waals surface area (Å²) in [5, 5.41) is 4.63. The lowest BCUT2D eigenvalue weighted by atomic mass is 9.77. The first kappa shape index (κ1) is 16.1. The van der Waals surface area contributed by atoms with Gasteiger partial charge in [0.2, 0.25) is 0 Å². The second kappa shape index (κ2) is 7.16. The Kier molecular flexibility index (Phi) is 5.51. The van der Waals surface area contributed by atoms with E-state index in [-0.39, 0.29) is 5.41 Å². The van der Waals surface area contributed by atoms with Gasteiger partial charge in [0.25, 0.3) is 0 Å². The maximum atomic E-state index is 4.63. The van der Waals surface area contributed by atoms with Gasteiger partial charge in [-0.05, 0) is 30.4 Å². The number of nitrogens with zero attached hydrogens (tertiary/aromatic N) is 4. The molecule has 5 heteroatoms. The van der Waals surface area contributed by atoms with E-state index in [1.807, 2.05) is 11.7 Å². The molecule has 0 aliphatic rings. The highest BCUT2D eigenvalue weighted by molar-refractivity contribution is 7.03. The average Bonchev–Trinajstić information content (AvgIpc) is 3.08. The lowest BCUT2D eigenvalue weighted by Gasteiger charge is -2.29. The number of aryl methyl sites for hydroxylation is 1. The Hall–Kier alpha value is -1.23. The first-order valence-corrected chi connectivity index (χ1v) is 8.75. The molecule has 0 spiro atoms. The minimum atomic E-state index is 0.194. The molecular formula is C16H26N4S. The molecule has 0 aromatic carbocycles. The predicted molar refractivity (Wildman–Crippen MR) is 88.5 cm³/mol. The van der Waals surface area contributed by atoms with Gasteiger partial charge in [-0.2, -0.15) is 9.47 Å². The Morgan fingerprint density at radius 1 is 1.19 bits per heavy atom. The Labute approximate surface area is 131 Å². The Bertz CT molecular complexity index is 547. The molecule has 1 unspecified atom stereocenters. The number of unbranched alkanes of at least 4 members (excludes halogenated alkanes) is 2. The van der Waals surface area contributed by atoms with Crippen LogP contribution in [0.25, 0.3) is 11.5 Å². The summed E-state index contributed by atoms with van der Waals surface area (Å²) < 4.78 is 6.32. The van der Waals surface area contributed by atoms with Crippen LogP contribution in [0.1, 0.15) is 65.0 Å². The molecule has 4 nitrogen and oxygen atoms in total. The van der Waals surface area contributed by atoms with Crippen LogP contribution >= 0.6 is 11.5 Å². The number of hydrogen-bond acceptors (Lipinski definition) is 4. The van der Waals surface area contributed by atoms with Crippen LogP contribution in [-0.2, 0) is 12.5 Å². The van der Waals surface area contributed by atoms with Crippen LogP contribution in [0.3, 0.4) is 0 Å². The normalized spacial score (nSPS) is 14.3. The van der Waals surface area contributed by atoms with Crippen LogP contribution in [0.15, 0.2) is 11.6 Å². The molecule has 21 heavy (non-hydrogen) atoms. The fourth-order valence-corrected chi connectivity index (χ4v) is 3.56. The summed E-state index contributed by atoms with van der Waals surface area (Å²) in [4.78, 5) is 4.28. The van der Waals surface area contributed by atoms with E-state index in [0.29, 0.717) is 0 Å². The molecule has 0 saturated heterocycles. The van der Waals surface area contributed by atoms with Crippen LogP contribution in [0.5, 0.6) is 0 Å². The third-order valence-corrected chi connectivity index (χ3v) is 4.70. The molecule has 0 radical (unpaired) electrons. The van der Waals surface area contributed by atoms with Crippen molar-refractivity contribution >= 4 is 11.5 Å². The molecule has 116 valence electrons. The van der Waals surface area contributed by atoms with E-state index < -0.39 is 0 Å². The summed E-state index contributed by atoms with van der Waals surface area (Å²) in [7, 11) is 2.04. The van der Waals surface area contributed by atoms with Crippen molar-refractivity contribution in [3.8, 4) is 11.5 Å². The van der Waals surface area contributed by atoms with Crippen LogP contribution in [0.2, 0.25) is 0 Å². The molecule has 0 fully saturated rings. The molecule has 0 aliphatic heterocycles. The van der Waals surface area contributed by atoms with E-state index >= 15 is 0 Å². The molecule has 0 saturated carbocycles. The zero-order chi connectivity index (χ0) is 15.3. The van der Waals surface area contributed by atoms with E-state index in [1.54, 1.807) is 5.51 Å². The van der Waals surface area contributed by atoms with Gasteiger partial charge in [-0.25, -0.2) is 4.98 Å². The number of rotatable bonds is 8. The predicted octanol–water partition coefficient (Wildman–Crippen LogP) is 4.58. The number of hydrogen-bond donors (Lipinski definition) is 0. The summed E-state index contributed by atoms with van der Waals surface area (Å²) in [5.41, 5.74) is 4.16. The zero-order valence-electron chi connectivity index (χ0n) is 13.6. The molecule has 0 bridgehead atoms. The molecular weight excluding hydrogens is 280 g/mol. The van der Waals surface area contributed by atoms with Gasteiger partial charge in [0.15, 0.2) is 5.82 Å². The second-order valence-corrected chi connectivity index (χ2v) is 6.67. The lowest BCUT2D eigenvalue weighted by molar-refractivity contribution is 0.355. The van der Waals surface area contributed by atoms with Crippen molar-refractivity contribution in [3.05, 3.63) is 17.3 Å². The van der Waals surface area contributed by atoms with Crippen molar-refractivity contribution in [3.63, 3.8) is 0 Å². The summed E-state index contributed by atoms with van der Waals surface area (Å²) in [6.45, 7) is 6.89. The minimum Gasteiger partial charge on any atom is -0.271 e. The van der Waals surface area contributed by atoms with Gasteiger partial charge in [0.05, 0.1) is 0 Å². The highest BCUT2D eigenvalue weighted by Gasteiger charge is 2.29. The monoisotopic (exact) mass is 306 g/mol. The Balaban J connectivity index is 2.27. The van der Waals surface area contributed by atoms with Gasteiger partial charge >= 0.3 is 0 Å². The van der Waals surface area contributed by atoms with Crippen molar-refractivity contribution in [1.29, 1.82) is 0 Å². The van der Waals surface area contributed by atoms with Gasteiger partial charge in [0, 0.05) is 18.2 Å². The SMILES string of the molecule is CCCCCC(C)(CCC)c1cc(-c2ncsn2)nn1C. The summed E-state index contributed by atoms with van der Waals surface area (Å²) >= 11 is 1.37. The fraction of sp³-hybridized carbons (Fsp3) is 0.688. The highest BCUT2D eigenvalue weighted by atomic mass is 32.1. The van der Waals surface area contributed by atoms with Crippen LogP contribution < -0.4 is 0 Å². The summed E-state index contributed by atoms with van der Waals surface area (Å²) in [6, 6.07) is 2.18. The van der Waals surface area contributed by atoms with E-state index in [0.717, 1.165) is 11.5 Å². The molecule has 0 amide bonds. The van der Waals surface area contributed by atoms with Crippen molar-refractivity contribution in [2.24, 2.45) is 7.05 Å². The molecule has 2 aromatic heterocycles. The van der Waals surface area contributed by atoms with Crippen molar-refractivity contribution in [2.75, 3.05) is 0 Å². The smallest absolute Gasteiger partial charge is 0.193 e. The van der Waals surface area contributed by atoms with E-state index in [4.69, 9.17) is 0 Å². The maximum absolute atomic E-state index is 4.63. The summed E-state index contributed by atoms with van der Waals surface area (Å²) in [5.74, 6) is 0.745. The van der Waals surface area contributed by atoms with E-state index in [2.05, 4.69) is 41.3 Å². The Morgan fingerprint density at radius 3 is 2.62 bits per heavy atom. The van der Waals surface area contributed by atoms with Crippen LogP contribution in [-0.4, -0.2) is 19.1 Å². The molecule has 1 atom stereocenters. The first-order chi connectivity index (χ1) is 10.1. The van der Waals surface area contributed by atoms with E-state index in [1.165, 1.54) is 55.8 Å². The highest BCUT2D eigenvalue weighted by Crippen LogP contribution is 2.35. The third-order valence-electron chi connectivity index (χ3n) is 4.22. The van der Waals surface area contributed by atoms with Gasteiger partial charge in [-0.15, -0.1) is 0 Å². The largest absolute Gasteiger partial charge is 0.271 e. The molecule has 0 N–H and O–H groups in total. The van der Waals surface area contributed by atoms with Gasteiger partial charge in [-0.1, -0.05) is 46.5 Å². The van der Waals surface area contributed by atoms with Crippen molar-refractivity contribution in [1.82, 2.24) is 19.1 Å². The van der Waals surface area contributed by atoms with Crippen molar-refractivity contribution < 1.29 is 0 Å². The Morgan fingerprint density at radius 2 is 2.00 bits per heavy atom. The zero-order valence-corrected chi connectivity index (χ0v) is 14.4. The summed E-state index contributed by atoms with van der Waals surface area (Å²) in [6.07, 6.45) is 7.46. The van der Waals surface area contributed by atoms with E-state index in [9.17, 15) is 0 Å². The minimum absolute atomic E-state index is 0.194. The molecule has 2 heterocycles. The number of aromatic nitrogens is 4. The first-order valence-electron chi connectivity index (χ1n) is 7.92. The third kappa shape index (κ3) is 3.70. The average molecular weight is 306 g/mol. The van der Waals surface area contributed by atoms with Crippen LogP contribution in [0, 0.1) is 0 Å². The van der Waals surface area contributed by atoms with Crippen LogP contribution in [0.4, 0.5) is 0 Å². The molecule has 0 aliphatic carbocycles. The van der Waals surface area contributed by atoms with Gasteiger partial charge < -0.3 is 0 Å². The molecule has 2 rings (SSSR count). The maximum Gasteiger partial charge on any atom is 0.193 e. The quantitative estimate of drug-likeness (QED) is 0.671. The fourth-order valence-electron chi connectivity index (χ4n) is 3.12. The van der Waals surface area contributed by atoms with Gasteiger partial charge in [-0.3, -0.25) is 4.68 Å². The standard InChI is InChI=1S/C16H26N4S/c1-5-7-8-10-16(3,9-6-2)14-11-13(18-20(14)4)15-17-12-21-19-15/h11-12H,5-10H2,1-4H3. The van der Waals surface area contributed by atoms with Gasteiger partial charge in [0.1, 0.15) is 11.2 Å². The van der Waals surface area contributed by atoms with Crippen molar-refractivity contribution in [2.45, 2.75) is 64.7 Å². The second-order valence-electron chi connectivity index (χ2n) is 6.06. The lowest BCUT2D eigenvalue weighted by Crippen LogP contribution is -2.25. The molecule has 2 aromatic rings. The topological polar surface area (TPSA) is 43.6 Å².